The lowest BCUT2D eigenvalue weighted by Crippen LogP contribution is -2.56. The SMILES string of the molecule is Cc1sc(Br)cc1S(=O)(=O)NC1(C(=O)O)CCC(C)CC1. The molecule has 5 nitrogen and oxygen atoms in total. The van der Waals surface area contributed by atoms with E-state index in [0.717, 1.165) is 0 Å². The number of nitrogens with one attached hydrogen (secondary N) is 1. The van der Waals surface area contributed by atoms with Crippen LogP contribution in [0, 0.1) is 12.8 Å². The lowest BCUT2D eigenvalue weighted by molar-refractivity contribution is -0.145. The topological polar surface area (TPSA) is 83.5 Å². The van der Waals surface area contributed by atoms with E-state index in [1.807, 2.05) is 0 Å². The minimum Gasteiger partial charge on any atom is -0.480 e. The Labute approximate surface area is 136 Å². The smallest absolute Gasteiger partial charge is 0.324 e. The molecule has 0 spiro atoms. The van der Waals surface area contributed by atoms with E-state index < -0.39 is 21.5 Å². The molecular formula is C13H18BrNO4S2. The molecule has 1 heterocycles. The third kappa shape index (κ3) is 3.49. The van der Waals surface area contributed by atoms with Gasteiger partial charge in [-0.05, 0) is 60.5 Å². The normalized spacial score (nSPS) is 26.7. The van der Waals surface area contributed by atoms with E-state index in [-0.39, 0.29) is 4.90 Å². The van der Waals surface area contributed by atoms with Crippen LogP contribution in [0.15, 0.2) is 14.7 Å². The zero-order chi connectivity index (χ0) is 15.8. The number of carboxylic acid groups (broad SMARTS) is 1. The maximum atomic E-state index is 12.5. The van der Waals surface area contributed by atoms with Crippen molar-refractivity contribution in [1.29, 1.82) is 0 Å². The number of aliphatic carboxylic acids is 1. The molecule has 0 aliphatic heterocycles. The summed E-state index contributed by atoms with van der Waals surface area (Å²) in [5.41, 5.74) is -1.38. The summed E-state index contributed by atoms with van der Waals surface area (Å²) in [6.45, 7) is 3.76. The third-order valence-electron chi connectivity index (χ3n) is 4.00. The third-order valence-corrected chi connectivity index (χ3v) is 7.34. The van der Waals surface area contributed by atoms with Gasteiger partial charge in [-0.1, -0.05) is 6.92 Å². The summed E-state index contributed by atoms with van der Waals surface area (Å²) < 4.78 is 28.2. The monoisotopic (exact) mass is 395 g/mol. The van der Waals surface area contributed by atoms with Crippen LogP contribution in [0.3, 0.4) is 0 Å². The highest BCUT2D eigenvalue weighted by Gasteiger charge is 2.44. The fourth-order valence-electron chi connectivity index (χ4n) is 2.62. The van der Waals surface area contributed by atoms with Crippen molar-refractivity contribution in [3.63, 3.8) is 0 Å². The van der Waals surface area contributed by atoms with Gasteiger partial charge in [0.2, 0.25) is 10.0 Å². The summed E-state index contributed by atoms with van der Waals surface area (Å²) in [7, 11) is -3.84. The molecule has 1 fully saturated rings. The van der Waals surface area contributed by atoms with Crippen LogP contribution in [0.4, 0.5) is 0 Å². The highest BCUT2D eigenvalue weighted by molar-refractivity contribution is 9.11. The van der Waals surface area contributed by atoms with Crippen LogP contribution in [0.1, 0.15) is 37.5 Å². The number of sulfonamides is 1. The number of carbonyl (C=O) groups is 1. The van der Waals surface area contributed by atoms with Gasteiger partial charge in [-0.2, -0.15) is 4.72 Å². The summed E-state index contributed by atoms with van der Waals surface area (Å²) in [5.74, 6) is -0.663. The lowest BCUT2D eigenvalue weighted by atomic mass is 9.78. The molecule has 1 aliphatic carbocycles. The van der Waals surface area contributed by atoms with Crippen molar-refractivity contribution in [3.05, 3.63) is 14.7 Å². The summed E-state index contributed by atoms with van der Waals surface area (Å²) >= 11 is 4.58. The zero-order valence-electron chi connectivity index (χ0n) is 11.8. The highest BCUT2D eigenvalue weighted by Crippen LogP contribution is 2.35. The molecule has 0 saturated heterocycles. The van der Waals surface area contributed by atoms with Gasteiger partial charge in [0.15, 0.2) is 0 Å². The van der Waals surface area contributed by atoms with Gasteiger partial charge in [0, 0.05) is 4.88 Å². The predicted molar refractivity (Wildman–Crippen MR) is 85.1 cm³/mol. The van der Waals surface area contributed by atoms with Crippen LogP contribution in [0.5, 0.6) is 0 Å². The number of aryl methyl sites for hydroxylation is 1. The summed E-state index contributed by atoms with van der Waals surface area (Å²) in [4.78, 5) is 12.4. The van der Waals surface area contributed by atoms with Crippen molar-refractivity contribution in [1.82, 2.24) is 4.72 Å². The minimum atomic E-state index is -3.84. The maximum Gasteiger partial charge on any atom is 0.324 e. The van der Waals surface area contributed by atoms with E-state index >= 15 is 0 Å². The first-order valence-electron chi connectivity index (χ1n) is 6.69. The Bertz CT molecular complexity index is 645. The average molecular weight is 396 g/mol. The molecule has 0 atom stereocenters. The molecule has 0 aromatic carbocycles. The molecule has 1 aromatic rings. The molecule has 1 saturated carbocycles. The Morgan fingerprint density at radius 3 is 2.48 bits per heavy atom. The Morgan fingerprint density at radius 1 is 1.48 bits per heavy atom. The second kappa shape index (κ2) is 5.98. The van der Waals surface area contributed by atoms with Crippen molar-refractivity contribution in [2.45, 2.75) is 50.0 Å². The molecule has 1 aromatic heterocycles. The number of hydrogen-bond acceptors (Lipinski definition) is 4. The molecular weight excluding hydrogens is 378 g/mol. The molecule has 8 heteroatoms. The van der Waals surface area contributed by atoms with Gasteiger partial charge in [-0.3, -0.25) is 4.79 Å². The van der Waals surface area contributed by atoms with Gasteiger partial charge in [-0.25, -0.2) is 8.42 Å². The fourth-order valence-corrected chi connectivity index (χ4v) is 6.46. The molecule has 2 rings (SSSR count). The maximum absolute atomic E-state index is 12.5. The Balaban J connectivity index is 2.33. The van der Waals surface area contributed by atoms with Crippen LogP contribution < -0.4 is 4.72 Å². The number of carboxylic acids is 1. The van der Waals surface area contributed by atoms with Crippen molar-refractivity contribution in [2.24, 2.45) is 5.92 Å². The van der Waals surface area contributed by atoms with Crippen molar-refractivity contribution < 1.29 is 18.3 Å². The minimum absolute atomic E-state index is 0.152. The van der Waals surface area contributed by atoms with E-state index in [4.69, 9.17) is 0 Å². The van der Waals surface area contributed by atoms with E-state index in [2.05, 4.69) is 27.6 Å². The Hall–Kier alpha value is -0.440. The number of thiophene rings is 1. The van der Waals surface area contributed by atoms with Crippen molar-refractivity contribution >= 4 is 43.3 Å². The van der Waals surface area contributed by atoms with Gasteiger partial charge < -0.3 is 5.11 Å². The van der Waals surface area contributed by atoms with E-state index in [9.17, 15) is 18.3 Å². The van der Waals surface area contributed by atoms with Crippen LogP contribution in [0.2, 0.25) is 0 Å². The highest BCUT2D eigenvalue weighted by atomic mass is 79.9. The van der Waals surface area contributed by atoms with Gasteiger partial charge in [0.05, 0.1) is 8.68 Å². The molecule has 0 bridgehead atoms. The fraction of sp³-hybridized carbons (Fsp3) is 0.615. The van der Waals surface area contributed by atoms with Gasteiger partial charge in [0.1, 0.15) is 5.54 Å². The van der Waals surface area contributed by atoms with Gasteiger partial charge in [0.25, 0.3) is 0 Å². The van der Waals surface area contributed by atoms with Crippen molar-refractivity contribution in [2.75, 3.05) is 0 Å². The molecule has 2 N–H and O–H groups in total. The molecule has 0 unspecified atom stereocenters. The standard InChI is InChI=1S/C13H18BrNO4S2/c1-8-3-5-13(6-4-8,12(16)17)15-21(18,19)10-7-11(14)20-9(10)2/h7-8,15H,3-6H2,1-2H3,(H,16,17). The zero-order valence-corrected chi connectivity index (χ0v) is 15.1. The summed E-state index contributed by atoms with van der Waals surface area (Å²) in [6.07, 6.45) is 2.07. The van der Waals surface area contributed by atoms with Gasteiger partial charge >= 0.3 is 5.97 Å². The first-order valence-corrected chi connectivity index (χ1v) is 9.79. The Kier molecular flexibility index (Phi) is 4.82. The van der Waals surface area contributed by atoms with Crippen LogP contribution >= 0.6 is 27.3 Å². The van der Waals surface area contributed by atoms with Crippen LogP contribution in [-0.4, -0.2) is 25.0 Å². The average Bonchev–Trinajstić information content (AvgIpc) is 2.72. The first kappa shape index (κ1) is 16.9. The number of hydrogen-bond donors (Lipinski definition) is 2. The number of rotatable bonds is 4. The second-order valence-corrected chi connectivity index (χ2v) is 9.93. The molecule has 1 aliphatic rings. The van der Waals surface area contributed by atoms with Crippen LogP contribution in [-0.2, 0) is 14.8 Å². The second-order valence-electron chi connectivity index (χ2n) is 5.65. The van der Waals surface area contributed by atoms with Crippen molar-refractivity contribution in [3.8, 4) is 0 Å². The molecule has 118 valence electrons. The van der Waals surface area contributed by atoms with E-state index in [1.54, 1.807) is 6.92 Å². The largest absolute Gasteiger partial charge is 0.480 e. The predicted octanol–water partition coefficient (Wildman–Crippen LogP) is 3.13. The first-order chi connectivity index (χ1) is 9.66. The molecule has 0 radical (unpaired) electrons. The number of halogens is 1. The summed E-state index contributed by atoms with van der Waals surface area (Å²) in [6, 6.07) is 1.52. The van der Waals surface area contributed by atoms with E-state index in [0.29, 0.717) is 40.3 Å². The molecule has 21 heavy (non-hydrogen) atoms. The molecule has 0 amide bonds. The van der Waals surface area contributed by atoms with E-state index in [1.165, 1.54) is 17.4 Å². The Morgan fingerprint density at radius 2 is 2.05 bits per heavy atom. The van der Waals surface area contributed by atoms with Crippen LogP contribution in [0.25, 0.3) is 0 Å². The quantitative estimate of drug-likeness (QED) is 0.819. The lowest BCUT2D eigenvalue weighted by Gasteiger charge is -2.36. The van der Waals surface area contributed by atoms with Gasteiger partial charge in [-0.15, -0.1) is 11.3 Å². The summed E-state index contributed by atoms with van der Waals surface area (Å²) in [5, 5.41) is 9.53.